The highest BCUT2D eigenvalue weighted by molar-refractivity contribution is 6.35. The number of carbonyl (C=O) groups is 1. The first kappa shape index (κ1) is 23.6. The molecule has 4 aromatic rings. The Hall–Kier alpha value is -4.14. The molecule has 0 saturated carbocycles. The second-order valence-corrected chi connectivity index (χ2v) is 8.60. The average Bonchev–Trinajstić information content (AvgIpc) is 2.91. The molecule has 0 amide bonds. The second-order valence-electron chi connectivity index (χ2n) is 8.17. The first-order valence-corrected chi connectivity index (χ1v) is 11.6. The molecule has 5 rings (SSSR count). The number of benzene rings is 3. The normalized spacial score (nSPS) is 17.2. The number of amidine groups is 1. The largest absolute Gasteiger partial charge is 0.489 e. The van der Waals surface area contributed by atoms with Crippen LogP contribution < -0.4 is 21.2 Å². The van der Waals surface area contributed by atoms with E-state index in [1.54, 1.807) is 18.2 Å². The molecular formula is C27H22ClN3O5. The van der Waals surface area contributed by atoms with Gasteiger partial charge in [-0.3, -0.25) is 10.4 Å². The Morgan fingerprint density at radius 3 is 2.58 bits per heavy atom. The Morgan fingerprint density at radius 2 is 1.83 bits per heavy atom. The Balaban J connectivity index is 1.53. The average molecular weight is 504 g/mol. The maximum absolute atomic E-state index is 12.6. The first-order chi connectivity index (χ1) is 17.5. The predicted octanol–water partition coefficient (Wildman–Crippen LogP) is 4.49. The number of nitrogens with one attached hydrogen (secondary N) is 2. The molecule has 1 aliphatic rings. The molecule has 0 bridgehead atoms. The number of nitrogens with zero attached hydrogens (tertiary/aromatic N) is 1. The molecule has 0 radical (unpaired) electrons. The van der Waals surface area contributed by atoms with Crippen LogP contribution >= 0.6 is 11.6 Å². The number of esters is 1. The molecule has 2 heterocycles. The Kier molecular flexibility index (Phi) is 6.71. The van der Waals surface area contributed by atoms with Gasteiger partial charge in [-0.1, -0.05) is 54.1 Å². The SMILES string of the molecule is COC(=O)C1=NC(c2ccc(Cl)cc2)C(c2cc(=O)oc3cc(OCc4ccccc4)ccc23)NN1. The van der Waals surface area contributed by atoms with Crippen molar-refractivity contribution in [1.29, 1.82) is 0 Å². The summed E-state index contributed by atoms with van der Waals surface area (Å²) in [6, 6.07) is 22.6. The van der Waals surface area contributed by atoms with Gasteiger partial charge in [0.25, 0.3) is 0 Å². The second kappa shape index (κ2) is 10.2. The maximum Gasteiger partial charge on any atom is 0.374 e. The molecule has 0 spiro atoms. The van der Waals surface area contributed by atoms with Crippen molar-refractivity contribution in [2.24, 2.45) is 4.99 Å². The fourth-order valence-electron chi connectivity index (χ4n) is 4.10. The van der Waals surface area contributed by atoms with Crippen LogP contribution in [0.2, 0.25) is 5.02 Å². The number of ether oxygens (including phenoxy) is 2. The quantitative estimate of drug-likeness (QED) is 0.295. The van der Waals surface area contributed by atoms with E-state index in [2.05, 4.69) is 15.8 Å². The zero-order valence-electron chi connectivity index (χ0n) is 19.2. The molecule has 36 heavy (non-hydrogen) atoms. The van der Waals surface area contributed by atoms with Gasteiger partial charge in [-0.05, 0) is 41.0 Å². The number of hydrazine groups is 1. The fraction of sp³-hybridized carbons (Fsp3) is 0.148. The molecule has 2 N–H and O–H groups in total. The van der Waals surface area contributed by atoms with E-state index >= 15 is 0 Å². The van der Waals surface area contributed by atoms with Crippen molar-refractivity contribution in [2.75, 3.05) is 7.11 Å². The summed E-state index contributed by atoms with van der Waals surface area (Å²) in [4.78, 5) is 29.3. The molecular weight excluding hydrogens is 482 g/mol. The summed E-state index contributed by atoms with van der Waals surface area (Å²) in [6.07, 6.45) is 0. The van der Waals surface area contributed by atoms with Crippen LogP contribution in [-0.4, -0.2) is 18.9 Å². The first-order valence-electron chi connectivity index (χ1n) is 11.2. The van der Waals surface area contributed by atoms with Crippen LogP contribution in [-0.2, 0) is 16.1 Å². The lowest BCUT2D eigenvalue weighted by molar-refractivity contribution is -0.133. The van der Waals surface area contributed by atoms with Gasteiger partial charge in [0.15, 0.2) is 0 Å². The van der Waals surface area contributed by atoms with Gasteiger partial charge in [0.1, 0.15) is 17.9 Å². The number of aliphatic imine (C=N–C) groups is 1. The summed E-state index contributed by atoms with van der Waals surface area (Å²) in [5.41, 5.74) is 8.25. The molecule has 2 unspecified atom stereocenters. The molecule has 0 aliphatic carbocycles. The van der Waals surface area contributed by atoms with Crippen LogP contribution in [0, 0.1) is 0 Å². The van der Waals surface area contributed by atoms with Crippen molar-refractivity contribution < 1.29 is 18.7 Å². The monoisotopic (exact) mass is 503 g/mol. The molecule has 1 aliphatic heterocycles. The number of carbonyl (C=O) groups excluding carboxylic acids is 1. The van der Waals surface area contributed by atoms with Gasteiger partial charge in [0.2, 0.25) is 5.84 Å². The van der Waals surface area contributed by atoms with Crippen molar-refractivity contribution in [3.63, 3.8) is 0 Å². The number of fused-ring (bicyclic) bond motifs is 1. The highest BCUT2D eigenvalue weighted by atomic mass is 35.5. The van der Waals surface area contributed by atoms with Crippen LogP contribution in [0.25, 0.3) is 11.0 Å². The standard InChI is InChI=1S/C27H22ClN3O5/c1-34-27(33)26-29-24(17-7-9-18(28)10-8-17)25(30-31-26)21-14-23(32)36-22-13-19(11-12-20(21)22)35-15-16-5-3-2-4-6-16/h2-14,24-25,30H,15H2,1H3,(H,29,31). The van der Waals surface area contributed by atoms with E-state index in [9.17, 15) is 9.59 Å². The topological polar surface area (TPSA) is 102 Å². The van der Waals surface area contributed by atoms with E-state index in [1.165, 1.54) is 13.2 Å². The molecule has 182 valence electrons. The van der Waals surface area contributed by atoms with E-state index < -0.39 is 23.7 Å². The lowest BCUT2D eigenvalue weighted by Crippen LogP contribution is -2.49. The van der Waals surface area contributed by atoms with Crippen molar-refractivity contribution in [2.45, 2.75) is 18.7 Å². The van der Waals surface area contributed by atoms with E-state index in [-0.39, 0.29) is 5.84 Å². The number of hydrogen-bond acceptors (Lipinski definition) is 8. The summed E-state index contributed by atoms with van der Waals surface area (Å²) >= 11 is 6.08. The van der Waals surface area contributed by atoms with Crippen LogP contribution in [0.3, 0.4) is 0 Å². The summed E-state index contributed by atoms with van der Waals surface area (Å²) in [5.74, 6) is -0.0169. The zero-order chi connectivity index (χ0) is 25.1. The number of methoxy groups -OCH3 is 1. The van der Waals surface area contributed by atoms with Crippen LogP contribution in [0.4, 0.5) is 0 Å². The summed E-state index contributed by atoms with van der Waals surface area (Å²) in [6.45, 7) is 0.383. The Morgan fingerprint density at radius 1 is 1.06 bits per heavy atom. The van der Waals surface area contributed by atoms with Crippen LogP contribution in [0.15, 0.2) is 93.1 Å². The van der Waals surface area contributed by atoms with E-state index in [0.717, 1.165) is 11.1 Å². The molecule has 8 nitrogen and oxygen atoms in total. The van der Waals surface area contributed by atoms with E-state index in [1.807, 2.05) is 54.6 Å². The van der Waals surface area contributed by atoms with Gasteiger partial charge >= 0.3 is 11.6 Å². The van der Waals surface area contributed by atoms with Crippen LogP contribution in [0.1, 0.15) is 28.8 Å². The van der Waals surface area contributed by atoms with Gasteiger partial charge in [-0.2, -0.15) is 0 Å². The third kappa shape index (κ3) is 4.95. The summed E-state index contributed by atoms with van der Waals surface area (Å²) < 4.78 is 16.2. The van der Waals surface area contributed by atoms with Gasteiger partial charge in [-0.15, -0.1) is 0 Å². The van der Waals surface area contributed by atoms with Crippen LogP contribution in [0.5, 0.6) is 5.75 Å². The number of rotatable bonds is 6. The minimum absolute atomic E-state index is 0.0255. The molecule has 1 aromatic heterocycles. The minimum atomic E-state index is -0.613. The highest BCUT2D eigenvalue weighted by Crippen LogP contribution is 2.37. The van der Waals surface area contributed by atoms with Crippen molar-refractivity contribution in [3.05, 3.63) is 111 Å². The van der Waals surface area contributed by atoms with Gasteiger partial charge in [-0.25, -0.2) is 15.0 Å². The van der Waals surface area contributed by atoms with Crippen molar-refractivity contribution in [1.82, 2.24) is 10.9 Å². The summed E-state index contributed by atoms with van der Waals surface area (Å²) in [5, 5.41) is 1.28. The zero-order valence-corrected chi connectivity index (χ0v) is 20.0. The third-order valence-electron chi connectivity index (χ3n) is 5.85. The van der Waals surface area contributed by atoms with Gasteiger partial charge in [0.05, 0.1) is 19.2 Å². The van der Waals surface area contributed by atoms with Gasteiger partial charge in [0, 0.05) is 22.5 Å². The third-order valence-corrected chi connectivity index (χ3v) is 6.10. The van der Waals surface area contributed by atoms with Crippen molar-refractivity contribution in [3.8, 4) is 5.75 Å². The van der Waals surface area contributed by atoms with Crippen molar-refractivity contribution >= 4 is 34.4 Å². The number of halogens is 1. The Bertz CT molecular complexity index is 1490. The Labute approximate surface area is 211 Å². The molecule has 3 aromatic carbocycles. The smallest absolute Gasteiger partial charge is 0.374 e. The molecule has 2 atom stereocenters. The predicted molar refractivity (Wildman–Crippen MR) is 136 cm³/mol. The molecule has 0 saturated heterocycles. The summed E-state index contributed by atoms with van der Waals surface area (Å²) in [7, 11) is 1.28. The molecule has 0 fully saturated rings. The molecule has 9 heteroatoms. The lowest BCUT2D eigenvalue weighted by Gasteiger charge is -2.31. The van der Waals surface area contributed by atoms with E-state index in [4.69, 9.17) is 25.5 Å². The lowest BCUT2D eigenvalue weighted by atomic mass is 9.92. The highest BCUT2D eigenvalue weighted by Gasteiger charge is 2.33. The minimum Gasteiger partial charge on any atom is -0.489 e. The van der Waals surface area contributed by atoms with Gasteiger partial charge < -0.3 is 13.9 Å². The maximum atomic E-state index is 12.6. The van der Waals surface area contributed by atoms with E-state index in [0.29, 0.717) is 33.9 Å². The fourth-order valence-corrected chi connectivity index (χ4v) is 4.23. The number of hydrogen-bond donors (Lipinski definition) is 2.